The van der Waals surface area contributed by atoms with Crippen LogP contribution < -0.4 is 0 Å². The second kappa shape index (κ2) is 8.00. The fraction of sp³-hybridized carbons (Fsp3) is 0.111. The van der Waals surface area contributed by atoms with E-state index in [2.05, 4.69) is 38.1 Å². The van der Waals surface area contributed by atoms with Gasteiger partial charge >= 0.3 is 7.69 Å². The van der Waals surface area contributed by atoms with E-state index in [-0.39, 0.29) is 0 Å². The molecule has 2 rings (SSSR count). The monoisotopic (exact) mass is 277 g/mol. The highest BCUT2D eigenvalue weighted by Crippen LogP contribution is 2.06. The van der Waals surface area contributed by atoms with Crippen LogP contribution in [0.15, 0.2) is 61.1 Å². The highest BCUT2D eigenvalue weighted by Gasteiger charge is 1.91. The van der Waals surface area contributed by atoms with Crippen LogP contribution in [0.2, 0.25) is 0 Å². The van der Waals surface area contributed by atoms with Gasteiger partial charge in [0.15, 0.2) is 0 Å². The van der Waals surface area contributed by atoms with Gasteiger partial charge in [0.25, 0.3) is 0 Å². The first kappa shape index (κ1) is 15.0. The summed E-state index contributed by atoms with van der Waals surface area (Å²) in [6.07, 6.45) is 6.93. The zero-order chi connectivity index (χ0) is 14.9. The molecule has 2 aromatic rings. The lowest BCUT2D eigenvalue weighted by molar-refractivity contribution is 0.380. The molecule has 0 fully saturated rings. The lowest BCUT2D eigenvalue weighted by Gasteiger charge is -1.98. The summed E-state index contributed by atoms with van der Waals surface area (Å²) < 4.78 is 10.3. The van der Waals surface area contributed by atoms with Crippen LogP contribution >= 0.6 is 0 Å². The van der Waals surface area contributed by atoms with Gasteiger partial charge in [-0.15, -0.1) is 0 Å². The molecule has 1 radical (unpaired) electrons. The Hall–Kier alpha value is -2.42. The van der Waals surface area contributed by atoms with Crippen molar-refractivity contribution in [3.8, 4) is 0 Å². The van der Waals surface area contributed by atoms with Gasteiger partial charge in [-0.1, -0.05) is 59.7 Å². The molecular formula is C18H18BO2. The zero-order valence-electron chi connectivity index (χ0n) is 12.3. The summed E-state index contributed by atoms with van der Waals surface area (Å²) >= 11 is 0. The van der Waals surface area contributed by atoms with Crippen molar-refractivity contribution in [3.63, 3.8) is 0 Å². The van der Waals surface area contributed by atoms with Gasteiger partial charge in [0.05, 0.1) is 12.5 Å². The third-order valence-corrected chi connectivity index (χ3v) is 2.94. The Labute approximate surface area is 127 Å². The largest absolute Gasteiger partial charge is 0.657 e. The van der Waals surface area contributed by atoms with Crippen molar-refractivity contribution in [2.75, 3.05) is 0 Å². The van der Waals surface area contributed by atoms with Gasteiger partial charge in [0.1, 0.15) is 0 Å². The van der Waals surface area contributed by atoms with Gasteiger partial charge in [0.2, 0.25) is 0 Å². The van der Waals surface area contributed by atoms with E-state index >= 15 is 0 Å². The van der Waals surface area contributed by atoms with E-state index in [0.29, 0.717) is 0 Å². The molecule has 0 amide bonds. The van der Waals surface area contributed by atoms with Crippen molar-refractivity contribution in [2.45, 2.75) is 13.8 Å². The standard InChI is InChI=1S/C18H18BO2/c1-15-3-7-17(8-4-15)11-13-20-19-21-14-12-18-9-5-16(2)6-10-18/h3-14H,1-2H3. The lowest BCUT2D eigenvalue weighted by atomic mass is 10.1. The van der Waals surface area contributed by atoms with Crippen molar-refractivity contribution in [2.24, 2.45) is 0 Å². The summed E-state index contributed by atoms with van der Waals surface area (Å²) in [5.41, 5.74) is 4.65. The van der Waals surface area contributed by atoms with Crippen LogP contribution in [0.25, 0.3) is 12.2 Å². The van der Waals surface area contributed by atoms with Crippen LogP contribution in [-0.2, 0) is 9.31 Å². The summed E-state index contributed by atoms with van der Waals surface area (Å²) in [7, 11) is 1.29. The van der Waals surface area contributed by atoms with Crippen LogP contribution in [0.1, 0.15) is 22.3 Å². The molecule has 0 saturated heterocycles. The van der Waals surface area contributed by atoms with E-state index < -0.39 is 0 Å². The Morgan fingerprint density at radius 3 is 1.43 bits per heavy atom. The van der Waals surface area contributed by atoms with E-state index in [4.69, 9.17) is 9.31 Å². The van der Waals surface area contributed by atoms with Gasteiger partial charge in [-0.2, -0.15) is 0 Å². The van der Waals surface area contributed by atoms with Crippen molar-refractivity contribution in [3.05, 3.63) is 83.3 Å². The molecule has 0 N–H and O–H groups in total. The molecule has 0 bridgehead atoms. The minimum absolute atomic E-state index is 1.09. The summed E-state index contributed by atoms with van der Waals surface area (Å²) in [4.78, 5) is 0. The molecule has 0 aliphatic rings. The molecule has 105 valence electrons. The van der Waals surface area contributed by atoms with Gasteiger partial charge in [-0.25, -0.2) is 0 Å². The predicted molar refractivity (Wildman–Crippen MR) is 88.4 cm³/mol. The number of aryl methyl sites for hydroxylation is 2. The summed E-state index contributed by atoms with van der Waals surface area (Å²) in [5.74, 6) is 0. The topological polar surface area (TPSA) is 18.5 Å². The molecule has 2 nitrogen and oxygen atoms in total. The SMILES string of the molecule is Cc1ccc(C=CO[B]OC=Cc2ccc(C)cc2)cc1. The first-order valence-corrected chi connectivity index (χ1v) is 6.83. The Bertz CT molecular complexity index is 543. The maximum atomic E-state index is 5.15. The summed E-state index contributed by atoms with van der Waals surface area (Å²) in [5, 5.41) is 0. The smallest absolute Gasteiger partial charge is 0.532 e. The molecule has 2 aromatic carbocycles. The number of hydrogen-bond donors (Lipinski definition) is 0. The van der Waals surface area contributed by atoms with E-state index in [0.717, 1.165) is 11.1 Å². The zero-order valence-corrected chi connectivity index (χ0v) is 12.3. The minimum atomic E-state index is 1.09. The van der Waals surface area contributed by atoms with Crippen LogP contribution in [0.5, 0.6) is 0 Å². The molecule has 3 heteroatoms. The van der Waals surface area contributed by atoms with E-state index in [1.165, 1.54) is 18.8 Å². The van der Waals surface area contributed by atoms with Crippen molar-refractivity contribution < 1.29 is 9.31 Å². The first-order chi connectivity index (χ1) is 10.2. The van der Waals surface area contributed by atoms with Gasteiger partial charge in [0, 0.05) is 0 Å². The highest BCUT2D eigenvalue weighted by atomic mass is 16.6. The van der Waals surface area contributed by atoms with Gasteiger partial charge < -0.3 is 9.31 Å². The van der Waals surface area contributed by atoms with Gasteiger partial charge in [-0.05, 0) is 37.1 Å². The Balaban J connectivity index is 1.67. The highest BCUT2D eigenvalue weighted by molar-refractivity contribution is 6.18. The fourth-order valence-corrected chi connectivity index (χ4v) is 1.69. The Morgan fingerprint density at radius 2 is 1.05 bits per heavy atom. The molecule has 0 spiro atoms. The molecular weight excluding hydrogens is 259 g/mol. The quantitative estimate of drug-likeness (QED) is 0.439. The molecule has 0 heterocycles. The van der Waals surface area contributed by atoms with Crippen LogP contribution in [0, 0.1) is 13.8 Å². The maximum absolute atomic E-state index is 5.15. The molecule has 0 aliphatic heterocycles. The molecule has 0 aliphatic carbocycles. The Morgan fingerprint density at radius 1 is 0.667 bits per heavy atom. The van der Waals surface area contributed by atoms with Crippen LogP contribution in [-0.4, -0.2) is 7.69 Å². The first-order valence-electron chi connectivity index (χ1n) is 6.83. The third-order valence-electron chi connectivity index (χ3n) is 2.94. The van der Waals surface area contributed by atoms with E-state index in [9.17, 15) is 0 Å². The molecule has 0 atom stereocenters. The second-order valence-corrected chi connectivity index (χ2v) is 4.80. The number of hydrogen-bond acceptors (Lipinski definition) is 2. The summed E-state index contributed by atoms with van der Waals surface area (Å²) in [6.45, 7) is 4.12. The molecule has 0 saturated carbocycles. The maximum Gasteiger partial charge on any atom is 0.657 e. The van der Waals surface area contributed by atoms with Crippen molar-refractivity contribution in [1.82, 2.24) is 0 Å². The number of benzene rings is 2. The molecule has 21 heavy (non-hydrogen) atoms. The predicted octanol–water partition coefficient (Wildman–Crippen LogP) is 4.51. The minimum Gasteiger partial charge on any atom is -0.532 e. The summed E-state index contributed by atoms with van der Waals surface area (Å²) in [6, 6.07) is 16.4. The van der Waals surface area contributed by atoms with Gasteiger partial charge in [-0.3, -0.25) is 0 Å². The van der Waals surface area contributed by atoms with E-state index in [1.807, 2.05) is 36.4 Å². The average molecular weight is 277 g/mol. The third kappa shape index (κ3) is 5.61. The second-order valence-electron chi connectivity index (χ2n) is 4.80. The van der Waals surface area contributed by atoms with Crippen molar-refractivity contribution in [1.29, 1.82) is 0 Å². The number of rotatable bonds is 6. The van der Waals surface area contributed by atoms with Crippen molar-refractivity contribution >= 4 is 19.8 Å². The average Bonchev–Trinajstić information content (AvgIpc) is 2.50. The molecule has 0 unspecified atom stereocenters. The van der Waals surface area contributed by atoms with Crippen LogP contribution in [0.3, 0.4) is 0 Å². The molecule has 0 aromatic heterocycles. The normalized spacial score (nSPS) is 11.0. The van der Waals surface area contributed by atoms with Crippen LogP contribution in [0.4, 0.5) is 0 Å². The fourth-order valence-electron chi connectivity index (χ4n) is 1.69. The lowest BCUT2D eigenvalue weighted by Crippen LogP contribution is -1.93. The Kier molecular flexibility index (Phi) is 5.71. The van der Waals surface area contributed by atoms with E-state index in [1.54, 1.807) is 12.5 Å².